The van der Waals surface area contributed by atoms with Crippen LogP contribution in [0.5, 0.6) is 17.2 Å². The maximum atomic E-state index is 9.66. The van der Waals surface area contributed by atoms with E-state index in [0.717, 1.165) is 26.9 Å². The Labute approximate surface area is 163 Å². The number of hydrogen-bond acceptors (Lipinski definition) is 3. The first-order valence-electron chi connectivity index (χ1n) is 8.53. The van der Waals surface area contributed by atoms with Crippen molar-refractivity contribution in [3.05, 3.63) is 90.5 Å². The summed E-state index contributed by atoms with van der Waals surface area (Å²) in [6, 6.07) is 23.4. The number of para-hydroxylation sites is 2. The summed E-state index contributed by atoms with van der Waals surface area (Å²) >= 11 is 1.61. The zero-order valence-electron chi connectivity index (χ0n) is 15.3. The van der Waals surface area contributed by atoms with E-state index in [0.29, 0.717) is 11.3 Å². The molecule has 0 aliphatic heterocycles. The highest BCUT2D eigenvalue weighted by atomic mass is 32.2. The van der Waals surface area contributed by atoms with Gasteiger partial charge in [0.2, 0.25) is 5.75 Å². The fourth-order valence-electron chi connectivity index (χ4n) is 2.31. The number of carbonyl (C=O) groups excluding carboxylic acids is 1. The van der Waals surface area contributed by atoms with E-state index >= 15 is 0 Å². The number of esters is 1. The largest absolute Gasteiger partial charge is 0.518 e. The van der Waals surface area contributed by atoms with Gasteiger partial charge in [-0.15, -0.1) is 0 Å². The van der Waals surface area contributed by atoms with Crippen LogP contribution in [0.15, 0.2) is 94.7 Å². The molecule has 0 unspecified atom stereocenters. The Kier molecular flexibility index (Phi) is 5.99. The van der Waals surface area contributed by atoms with E-state index in [-0.39, 0.29) is 5.97 Å². The molecule has 0 spiro atoms. The summed E-state index contributed by atoms with van der Waals surface area (Å²) in [7, 11) is 0. The van der Waals surface area contributed by atoms with Gasteiger partial charge in [-0.3, -0.25) is 4.74 Å². The maximum absolute atomic E-state index is 9.66. The number of rotatable bonds is 6. The Bertz CT molecular complexity index is 961. The minimum Gasteiger partial charge on any atom is -0.456 e. The van der Waals surface area contributed by atoms with Gasteiger partial charge in [0, 0.05) is 17.0 Å². The van der Waals surface area contributed by atoms with E-state index in [1.165, 1.54) is 0 Å². The van der Waals surface area contributed by atoms with Crippen LogP contribution in [-0.2, 0) is 0 Å². The zero-order valence-corrected chi connectivity index (χ0v) is 16.1. The van der Waals surface area contributed by atoms with Crippen molar-refractivity contribution in [3.8, 4) is 17.2 Å². The van der Waals surface area contributed by atoms with E-state index in [1.807, 2.05) is 79.7 Å². The van der Waals surface area contributed by atoms with Gasteiger partial charge in [-0.2, -0.15) is 0 Å². The van der Waals surface area contributed by atoms with E-state index < -0.39 is 0 Å². The van der Waals surface area contributed by atoms with Crippen molar-refractivity contribution in [1.82, 2.24) is 0 Å². The Hall–Kier alpha value is -2.98. The van der Waals surface area contributed by atoms with Gasteiger partial charge in [0.15, 0.2) is 0 Å². The molecule has 3 aromatic carbocycles. The molecule has 1 N–H and O–H groups in total. The van der Waals surface area contributed by atoms with E-state index in [1.54, 1.807) is 18.7 Å². The summed E-state index contributed by atoms with van der Waals surface area (Å²) in [5, 5.41) is 0. The molecule has 27 heavy (non-hydrogen) atoms. The molecule has 0 amide bonds. The van der Waals surface area contributed by atoms with Gasteiger partial charge >= 0.3 is 5.97 Å². The third kappa shape index (κ3) is 5.02. The number of ether oxygens (including phenoxy) is 2. The highest BCUT2D eigenvalue weighted by Gasteiger charge is 2.15. The Morgan fingerprint density at radius 2 is 1.52 bits per heavy atom. The second kappa shape index (κ2) is 8.60. The van der Waals surface area contributed by atoms with Crippen LogP contribution in [0.1, 0.15) is 12.5 Å². The lowest BCUT2D eigenvalue weighted by atomic mass is 10.2. The first-order chi connectivity index (χ1) is 13.0. The molecule has 3 rings (SSSR count). The molecule has 0 saturated heterocycles. The van der Waals surface area contributed by atoms with Crippen LogP contribution >= 0.6 is 11.8 Å². The standard InChI is InChI=1S/C23H20O3S/c1-16(2)23(24)25-18-12-14-19(15-13-18)27-22-11-7-6-10-21(22)26-20-9-5-4-8-17(20)3/h4-15H,1H2,2-3H3/p+1. The molecule has 0 radical (unpaired) electrons. The molecule has 0 atom stereocenters. The van der Waals surface area contributed by atoms with Gasteiger partial charge in [-0.25, -0.2) is 0 Å². The molecule has 3 nitrogen and oxygen atoms in total. The van der Waals surface area contributed by atoms with Crippen molar-refractivity contribution in [2.75, 3.05) is 0 Å². The van der Waals surface area contributed by atoms with Crippen molar-refractivity contribution in [2.24, 2.45) is 0 Å². The lowest BCUT2D eigenvalue weighted by Crippen LogP contribution is -2.08. The molecule has 0 aliphatic carbocycles. The summed E-state index contributed by atoms with van der Waals surface area (Å²) in [5.74, 6) is 2.04. The fraction of sp³-hybridized carbons (Fsp3) is 0.0870. The van der Waals surface area contributed by atoms with Gasteiger partial charge < -0.3 is 9.53 Å². The summed E-state index contributed by atoms with van der Waals surface area (Å²) in [6.45, 7) is 7.36. The van der Waals surface area contributed by atoms with E-state index in [9.17, 15) is 4.79 Å². The van der Waals surface area contributed by atoms with Gasteiger partial charge in [0.05, 0.1) is 10.5 Å². The highest BCUT2D eigenvalue weighted by Crippen LogP contribution is 2.38. The minimum atomic E-state index is -0.174. The SMILES string of the molecule is C=C(C)C(=[OH+])Oc1ccc(Sc2ccccc2Oc2ccccc2C)cc1. The van der Waals surface area contributed by atoms with E-state index in [4.69, 9.17) is 9.47 Å². The Balaban J connectivity index is 1.75. The van der Waals surface area contributed by atoms with Crippen LogP contribution < -0.4 is 9.47 Å². The van der Waals surface area contributed by atoms with Gasteiger partial charge in [-0.1, -0.05) is 48.7 Å². The Morgan fingerprint density at radius 3 is 2.19 bits per heavy atom. The maximum Gasteiger partial charge on any atom is 0.518 e. The van der Waals surface area contributed by atoms with Crippen molar-refractivity contribution in [1.29, 1.82) is 0 Å². The number of benzene rings is 3. The van der Waals surface area contributed by atoms with Crippen molar-refractivity contribution in [3.63, 3.8) is 0 Å². The summed E-state index contributed by atoms with van der Waals surface area (Å²) in [4.78, 5) is 11.7. The third-order valence-electron chi connectivity index (χ3n) is 3.79. The quantitative estimate of drug-likeness (QED) is 0.216. The molecular formula is C23H21O3S+. The molecule has 0 aromatic heterocycles. The molecule has 0 fully saturated rings. The van der Waals surface area contributed by atoms with Crippen LogP contribution in [0.4, 0.5) is 0 Å². The predicted octanol–water partition coefficient (Wildman–Crippen LogP) is 6.40. The minimum absolute atomic E-state index is 0.174. The summed E-state index contributed by atoms with van der Waals surface area (Å²) in [5.41, 5.74) is 1.57. The van der Waals surface area contributed by atoms with Crippen molar-refractivity contribution < 1.29 is 14.3 Å². The van der Waals surface area contributed by atoms with Crippen LogP contribution in [0.2, 0.25) is 0 Å². The second-order valence-electron chi connectivity index (χ2n) is 6.08. The molecular weight excluding hydrogens is 356 g/mol. The van der Waals surface area contributed by atoms with Gasteiger partial charge in [0.25, 0.3) is 0 Å². The van der Waals surface area contributed by atoms with Crippen molar-refractivity contribution >= 4 is 17.7 Å². The fourth-order valence-corrected chi connectivity index (χ4v) is 3.19. The molecule has 4 heteroatoms. The molecule has 136 valence electrons. The van der Waals surface area contributed by atoms with Crippen molar-refractivity contribution in [2.45, 2.75) is 23.6 Å². The average Bonchev–Trinajstić information content (AvgIpc) is 2.66. The van der Waals surface area contributed by atoms with Gasteiger partial charge in [-0.05, 0) is 49.7 Å². The topological polar surface area (TPSA) is 39.9 Å². The van der Waals surface area contributed by atoms with E-state index in [2.05, 4.69) is 6.58 Å². The Morgan fingerprint density at radius 1 is 0.889 bits per heavy atom. The monoisotopic (exact) mass is 377 g/mol. The van der Waals surface area contributed by atoms with Crippen LogP contribution in [0, 0.1) is 6.92 Å². The van der Waals surface area contributed by atoms with Crippen LogP contribution in [0.3, 0.4) is 0 Å². The smallest absolute Gasteiger partial charge is 0.456 e. The zero-order chi connectivity index (χ0) is 19.2. The number of aryl methyl sites for hydroxylation is 1. The van der Waals surface area contributed by atoms with Crippen LogP contribution in [0.25, 0.3) is 0 Å². The molecule has 3 aromatic rings. The first-order valence-corrected chi connectivity index (χ1v) is 9.34. The average molecular weight is 377 g/mol. The number of hydrogen-bond donors (Lipinski definition) is 0. The predicted molar refractivity (Wildman–Crippen MR) is 111 cm³/mol. The van der Waals surface area contributed by atoms with Gasteiger partial charge in [0.1, 0.15) is 11.5 Å². The lowest BCUT2D eigenvalue weighted by Gasteiger charge is -2.12. The molecule has 0 bridgehead atoms. The second-order valence-corrected chi connectivity index (χ2v) is 7.19. The highest BCUT2D eigenvalue weighted by molar-refractivity contribution is 7.99. The van der Waals surface area contributed by atoms with Crippen LogP contribution in [-0.4, -0.2) is 10.8 Å². The first kappa shape index (κ1) is 18.8. The molecule has 0 heterocycles. The molecule has 0 aliphatic rings. The summed E-state index contributed by atoms with van der Waals surface area (Å²) in [6.07, 6.45) is 0. The third-order valence-corrected chi connectivity index (χ3v) is 4.86. The lowest BCUT2D eigenvalue weighted by molar-refractivity contribution is 0.467. The normalized spacial score (nSPS) is 10.3. The molecule has 0 saturated carbocycles. The summed E-state index contributed by atoms with van der Waals surface area (Å²) < 4.78 is 11.5.